The van der Waals surface area contributed by atoms with E-state index < -0.39 is 0 Å². The first-order chi connectivity index (χ1) is 12.0. The van der Waals surface area contributed by atoms with E-state index in [4.69, 9.17) is 5.10 Å². The lowest BCUT2D eigenvalue weighted by atomic mass is 9.99. The monoisotopic (exact) mass is 344 g/mol. The van der Waals surface area contributed by atoms with E-state index in [9.17, 15) is 0 Å². The standard InChI is InChI=1S/C21H36N4/c1-7-16(3)10-9-11-21-15-25(23-18(21)5)17(4)12-13-20-14-22-24(8-2)19(20)6/h14-17H,7-13H2,1-6H3. The van der Waals surface area contributed by atoms with Crippen LogP contribution in [0.4, 0.5) is 0 Å². The highest BCUT2D eigenvalue weighted by Crippen LogP contribution is 2.20. The van der Waals surface area contributed by atoms with Gasteiger partial charge in [0.2, 0.25) is 0 Å². The Labute approximate surface area is 153 Å². The third kappa shape index (κ3) is 5.20. The molecule has 2 atom stereocenters. The fraction of sp³-hybridized carbons (Fsp3) is 0.714. The Balaban J connectivity index is 1.90. The number of aryl methyl sites for hydroxylation is 4. The van der Waals surface area contributed by atoms with Gasteiger partial charge in [0, 0.05) is 24.5 Å². The zero-order chi connectivity index (χ0) is 18.4. The molecule has 2 aromatic rings. The van der Waals surface area contributed by atoms with Crippen molar-refractivity contribution >= 4 is 0 Å². The van der Waals surface area contributed by atoms with Crippen molar-refractivity contribution in [3.63, 3.8) is 0 Å². The molecule has 4 heteroatoms. The summed E-state index contributed by atoms with van der Waals surface area (Å²) in [6.45, 7) is 14.3. The summed E-state index contributed by atoms with van der Waals surface area (Å²) in [6.07, 6.45) is 11.5. The highest BCUT2D eigenvalue weighted by Gasteiger charge is 2.13. The Hall–Kier alpha value is -1.58. The van der Waals surface area contributed by atoms with E-state index in [0.29, 0.717) is 6.04 Å². The Bertz CT molecular complexity index is 653. The molecule has 0 aliphatic heterocycles. The van der Waals surface area contributed by atoms with Gasteiger partial charge in [-0.15, -0.1) is 0 Å². The van der Waals surface area contributed by atoms with Gasteiger partial charge < -0.3 is 0 Å². The lowest BCUT2D eigenvalue weighted by Crippen LogP contribution is -2.07. The molecule has 4 nitrogen and oxygen atoms in total. The van der Waals surface area contributed by atoms with Crippen molar-refractivity contribution in [1.82, 2.24) is 19.6 Å². The van der Waals surface area contributed by atoms with E-state index in [1.54, 1.807) is 0 Å². The molecule has 0 aromatic carbocycles. The van der Waals surface area contributed by atoms with Crippen LogP contribution in [0.2, 0.25) is 0 Å². The summed E-state index contributed by atoms with van der Waals surface area (Å²) < 4.78 is 4.25. The van der Waals surface area contributed by atoms with E-state index in [2.05, 4.69) is 62.2 Å². The van der Waals surface area contributed by atoms with Crippen LogP contribution in [0, 0.1) is 19.8 Å². The molecule has 0 aliphatic carbocycles. The van der Waals surface area contributed by atoms with Crippen molar-refractivity contribution in [1.29, 1.82) is 0 Å². The van der Waals surface area contributed by atoms with Crippen LogP contribution in [-0.2, 0) is 19.4 Å². The summed E-state index contributed by atoms with van der Waals surface area (Å²) >= 11 is 0. The van der Waals surface area contributed by atoms with E-state index in [1.807, 2.05) is 6.20 Å². The minimum atomic E-state index is 0.423. The van der Waals surface area contributed by atoms with Gasteiger partial charge in [-0.2, -0.15) is 10.2 Å². The normalized spacial score (nSPS) is 14.0. The van der Waals surface area contributed by atoms with Crippen LogP contribution in [0.5, 0.6) is 0 Å². The van der Waals surface area contributed by atoms with Crippen molar-refractivity contribution in [3.8, 4) is 0 Å². The quantitative estimate of drug-likeness (QED) is 0.588. The molecule has 0 fully saturated rings. The zero-order valence-electron chi connectivity index (χ0n) is 17.0. The van der Waals surface area contributed by atoms with Crippen LogP contribution in [0.1, 0.15) is 81.9 Å². The average molecular weight is 345 g/mol. The second-order valence-electron chi connectivity index (χ2n) is 7.58. The van der Waals surface area contributed by atoms with Gasteiger partial charge in [0.05, 0.1) is 11.9 Å². The van der Waals surface area contributed by atoms with Crippen molar-refractivity contribution in [3.05, 3.63) is 34.9 Å². The maximum absolute atomic E-state index is 4.78. The zero-order valence-corrected chi connectivity index (χ0v) is 17.0. The fourth-order valence-corrected chi connectivity index (χ4v) is 3.38. The molecule has 0 radical (unpaired) electrons. The van der Waals surface area contributed by atoms with Gasteiger partial charge in [-0.1, -0.05) is 26.7 Å². The molecule has 0 amide bonds. The highest BCUT2D eigenvalue weighted by atomic mass is 15.3. The summed E-state index contributed by atoms with van der Waals surface area (Å²) in [6, 6.07) is 0.423. The number of aromatic nitrogens is 4. The van der Waals surface area contributed by atoms with Crippen LogP contribution < -0.4 is 0 Å². The third-order valence-corrected chi connectivity index (χ3v) is 5.65. The molecule has 0 N–H and O–H groups in total. The highest BCUT2D eigenvalue weighted by molar-refractivity contribution is 5.17. The molecular formula is C21H36N4. The SMILES string of the molecule is CCC(C)CCCc1cn(C(C)CCc2cnn(CC)c2C)nc1C. The molecule has 0 aliphatic rings. The fourth-order valence-electron chi connectivity index (χ4n) is 3.38. The van der Waals surface area contributed by atoms with Gasteiger partial charge in [0.15, 0.2) is 0 Å². The molecule has 140 valence electrons. The van der Waals surface area contributed by atoms with E-state index in [1.165, 1.54) is 41.8 Å². The van der Waals surface area contributed by atoms with E-state index in [-0.39, 0.29) is 0 Å². The number of rotatable bonds is 10. The molecule has 2 aromatic heterocycles. The summed E-state index contributed by atoms with van der Waals surface area (Å²) in [5, 5.41) is 9.23. The average Bonchev–Trinajstić information content (AvgIpc) is 3.15. The second kappa shape index (κ2) is 9.21. The maximum Gasteiger partial charge on any atom is 0.0625 e. The first-order valence-corrected chi connectivity index (χ1v) is 10.0. The molecule has 2 heterocycles. The van der Waals surface area contributed by atoms with Crippen LogP contribution >= 0.6 is 0 Å². The van der Waals surface area contributed by atoms with Gasteiger partial charge in [0.1, 0.15) is 0 Å². The van der Waals surface area contributed by atoms with Crippen LogP contribution in [-0.4, -0.2) is 19.6 Å². The molecule has 25 heavy (non-hydrogen) atoms. The van der Waals surface area contributed by atoms with Crippen LogP contribution in [0.3, 0.4) is 0 Å². The first-order valence-electron chi connectivity index (χ1n) is 10.0. The van der Waals surface area contributed by atoms with Crippen LogP contribution in [0.25, 0.3) is 0 Å². The minimum Gasteiger partial charge on any atom is -0.270 e. The largest absolute Gasteiger partial charge is 0.270 e. The Morgan fingerprint density at radius 2 is 1.80 bits per heavy atom. The molecule has 0 saturated carbocycles. The third-order valence-electron chi connectivity index (χ3n) is 5.65. The van der Waals surface area contributed by atoms with Crippen molar-refractivity contribution in [2.24, 2.45) is 5.92 Å². The lowest BCUT2D eigenvalue weighted by molar-refractivity contribution is 0.456. The summed E-state index contributed by atoms with van der Waals surface area (Å²) in [5.41, 5.74) is 5.29. The smallest absolute Gasteiger partial charge is 0.0625 e. The molecular weight excluding hydrogens is 308 g/mol. The minimum absolute atomic E-state index is 0.423. The lowest BCUT2D eigenvalue weighted by Gasteiger charge is -2.12. The first kappa shape index (κ1) is 19.7. The van der Waals surface area contributed by atoms with Gasteiger partial charge in [-0.05, 0) is 70.4 Å². The summed E-state index contributed by atoms with van der Waals surface area (Å²) in [5.74, 6) is 0.835. The molecule has 0 spiro atoms. The van der Waals surface area contributed by atoms with Gasteiger partial charge in [-0.3, -0.25) is 9.36 Å². The van der Waals surface area contributed by atoms with Gasteiger partial charge in [0.25, 0.3) is 0 Å². The second-order valence-corrected chi connectivity index (χ2v) is 7.58. The molecule has 2 unspecified atom stereocenters. The van der Waals surface area contributed by atoms with Crippen molar-refractivity contribution in [2.75, 3.05) is 0 Å². The Morgan fingerprint density at radius 1 is 1.04 bits per heavy atom. The number of hydrogen-bond acceptors (Lipinski definition) is 2. The molecule has 2 rings (SSSR count). The maximum atomic E-state index is 4.78. The topological polar surface area (TPSA) is 35.6 Å². The Kier molecular flexibility index (Phi) is 7.27. The van der Waals surface area contributed by atoms with E-state index in [0.717, 1.165) is 31.7 Å². The van der Waals surface area contributed by atoms with Crippen LogP contribution in [0.15, 0.2) is 12.4 Å². The van der Waals surface area contributed by atoms with E-state index >= 15 is 0 Å². The van der Waals surface area contributed by atoms with Crippen molar-refractivity contribution in [2.45, 2.75) is 92.7 Å². The summed E-state index contributed by atoms with van der Waals surface area (Å²) in [7, 11) is 0. The molecule has 0 saturated heterocycles. The number of hydrogen-bond donors (Lipinski definition) is 0. The predicted molar refractivity (Wildman–Crippen MR) is 105 cm³/mol. The molecule has 0 bridgehead atoms. The van der Waals surface area contributed by atoms with Crippen molar-refractivity contribution < 1.29 is 0 Å². The summed E-state index contributed by atoms with van der Waals surface area (Å²) in [4.78, 5) is 0. The van der Waals surface area contributed by atoms with Gasteiger partial charge in [-0.25, -0.2) is 0 Å². The predicted octanol–water partition coefficient (Wildman–Crippen LogP) is 5.28. The Morgan fingerprint density at radius 3 is 2.44 bits per heavy atom. The number of nitrogens with zero attached hydrogens (tertiary/aromatic N) is 4. The van der Waals surface area contributed by atoms with Gasteiger partial charge >= 0.3 is 0 Å².